The van der Waals surface area contributed by atoms with Gasteiger partial charge in [0.2, 0.25) is 0 Å². The van der Waals surface area contributed by atoms with E-state index in [1.54, 1.807) is 0 Å². The second-order valence-corrected chi connectivity index (χ2v) is 8.24. The maximum absolute atomic E-state index is 14.7. The minimum Gasteiger partial charge on any atom is -0.384 e. The number of halogens is 14. The number of rotatable bonds is 9. The van der Waals surface area contributed by atoms with Crippen LogP contribution in [0.25, 0.3) is 0 Å². The SMILES string of the molecule is CC(c1ccccc1)C(O)(CC(F)(F)C(F)(F)C(F)(F)C(F)(F)C(F)(F)C(F)(F)F)c1cccc(F)c1. The Morgan fingerprint density at radius 2 is 1.14 bits per heavy atom. The van der Waals surface area contributed by atoms with Gasteiger partial charge in [-0.25, -0.2) is 4.39 Å². The lowest BCUT2D eigenvalue weighted by molar-refractivity contribution is -0.441. The van der Waals surface area contributed by atoms with E-state index in [0.29, 0.717) is 18.2 Å². The maximum Gasteiger partial charge on any atom is 0.460 e. The Kier molecular flexibility index (Phi) is 7.71. The summed E-state index contributed by atoms with van der Waals surface area (Å²) < 4.78 is 190. The molecule has 2 aromatic carbocycles. The van der Waals surface area contributed by atoms with E-state index in [0.717, 1.165) is 25.1 Å². The first-order chi connectivity index (χ1) is 16.5. The molecule has 1 nitrogen and oxygen atoms in total. The van der Waals surface area contributed by atoms with Gasteiger partial charge >= 0.3 is 35.8 Å². The molecular weight excluding hydrogens is 546 g/mol. The summed E-state index contributed by atoms with van der Waals surface area (Å²) in [5.74, 6) is -41.1. The van der Waals surface area contributed by atoms with Crippen molar-refractivity contribution in [2.45, 2.75) is 60.7 Å². The van der Waals surface area contributed by atoms with Crippen LogP contribution >= 0.6 is 0 Å². The molecule has 0 aliphatic rings. The summed E-state index contributed by atoms with van der Waals surface area (Å²) in [5, 5.41) is 11.0. The van der Waals surface area contributed by atoms with Crippen LogP contribution in [0.1, 0.15) is 30.4 Å². The second kappa shape index (κ2) is 9.31. The van der Waals surface area contributed by atoms with Crippen molar-refractivity contribution in [3.8, 4) is 0 Å². The summed E-state index contributed by atoms with van der Waals surface area (Å²) in [6.45, 7) is 0.888. The molecule has 15 heteroatoms. The summed E-state index contributed by atoms with van der Waals surface area (Å²) in [4.78, 5) is 0. The van der Waals surface area contributed by atoms with Gasteiger partial charge in [0.15, 0.2) is 0 Å². The lowest BCUT2D eigenvalue weighted by Crippen LogP contribution is -2.70. The van der Waals surface area contributed by atoms with E-state index < -0.39 is 65.1 Å². The fourth-order valence-electron chi connectivity index (χ4n) is 3.53. The molecule has 0 aromatic heterocycles. The normalized spacial score (nSPS) is 16.9. The highest BCUT2D eigenvalue weighted by Crippen LogP contribution is 2.62. The van der Waals surface area contributed by atoms with Gasteiger partial charge in [-0.2, -0.15) is 57.1 Å². The Balaban J connectivity index is 2.68. The van der Waals surface area contributed by atoms with Gasteiger partial charge in [-0.3, -0.25) is 0 Å². The van der Waals surface area contributed by atoms with E-state index in [1.165, 1.54) is 18.2 Å². The van der Waals surface area contributed by atoms with Crippen molar-refractivity contribution in [2.24, 2.45) is 0 Å². The van der Waals surface area contributed by atoms with Crippen molar-refractivity contribution in [3.05, 3.63) is 71.5 Å². The van der Waals surface area contributed by atoms with E-state index >= 15 is 0 Å². The Bertz CT molecular complexity index is 1080. The molecule has 0 amide bonds. The van der Waals surface area contributed by atoms with Gasteiger partial charge in [0, 0.05) is 5.92 Å². The van der Waals surface area contributed by atoms with E-state index in [1.807, 2.05) is 0 Å². The fraction of sp³-hybridized carbons (Fsp3) is 0.455. The number of hydrogen-bond acceptors (Lipinski definition) is 1. The van der Waals surface area contributed by atoms with Crippen molar-refractivity contribution in [2.75, 3.05) is 0 Å². The van der Waals surface area contributed by atoms with E-state index in [2.05, 4.69) is 0 Å². The van der Waals surface area contributed by atoms with Gasteiger partial charge in [0.05, 0.1) is 6.42 Å². The summed E-state index contributed by atoms with van der Waals surface area (Å²) in [6, 6.07) is 8.70. The third-order valence-corrected chi connectivity index (χ3v) is 5.83. The monoisotopic (exact) mass is 562 g/mol. The molecule has 0 radical (unpaired) electrons. The average molecular weight is 562 g/mol. The lowest BCUT2D eigenvalue weighted by Gasteiger charge is -2.43. The van der Waals surface area contributed by atoms with Crippen LogP contribution in [-0.4, -0.2) is 40.9 Å². The fourth-order valence-corrected chi connectivity index (χ4v) is 3.53. The van der Waals surface area contributed by atoms with Crippen LogP contribution in [0.3, 0.4) is 0 Å². The molecule has 0 saturated heterocycles. The highest BCUT2D eigenvalue weighted by Gasteiger charge is 2.90. The number of benzene rings is 2. The molecular formula is C22H16F14O. The molecule has 0 saturated carbocycles. The Labute approximate surface area is 199 Å². The van der Waals surface area contributed by atoms with Gasteiger partial charge in [-0.05, 0) is 23.3 Å². The van der Waals surface area contributed by atoms with Crippen LogP contribution in [0.5, 0.6) is 0 Å². The number of hydrogen-bond donors (Lipinski definition) is 1. The largest absolute Gasteiger partial charge is 0.460 e. The molecule has 0 aliphatic heterocycles. The van der Waals surface area contributed by atoms with Gasteiger partial charge in [0.25, 0.3) is 0 Å². The quantitative estimate of drug-likeness (QED) is 0.308. The summed E-state index contributed by atoms with van der Waals surface area (Å²) in [7, 11) is 0. The van der Waals surface area contributed by atoms with E-state index in [4.69, 9.17) is 0 Å². The van der Waals surface area contributed by atoms with Gasteiger partial charge < -0.3 is 5.11 Å². The highest BCUT2D eigenvalue weighted by molar-refractivity contribution is 5.32. The minimum atomic E-state index is -8.06. The standard InChI is InChI=1S/C22H16F14O/c1-12(13-6-3-2-4-7-13)16(37,14-8-5-9-15(23)10-14)11-17(24,25)18(26,27)19(28,29)20(30,31)21(32,33)22(34,35)36/h2-10,12,37H,11H2,1H3. The van der Waals surface area contributed by atoms with Crippen molar-refractivity contribution in [3.63, 3.8) is 0 Å². The van der Waals surface area contributed by atoms with Crippen LogP contribution < -0.4 is 0 Å². The topological polar surface area (TPSA) is 20.2 Å². The Morgan fingerprint density at radius 3 is 1.59 bits per heavy atom. The molecule has 1 N–H and O–H groups in total. The third kappa shape index (κ3) is 4.86. The summed E-state index contributed by atoms with van der Waals surface area (Å²) in [6.07, 6.45) is -10.5. The van der Waals surface area contributed by atoms with Gasteiger partial charge in [-0.15, -0.1) is 0 Å². The Hall–Kier alpha value is -2.58. The lowest BCUT2D eigenvalue weighted by atomic mass is 9.73. The van der Waals surface area contributed by atoms with Crippen LogP contribution in [-0.2, 0) is 5.60 Å². The zero-order valence-corrected chi connectivity index (χ0v) is 18.2. The summed E-state index contributed by atoms with van der Waals surface area (Å²) >= 11 is 0. The molecule has 37 heavy (non-hydrogen) atoms. The second-order valence-electron chi connectivity index (χ2n) is 8.24. The van der Waals surface area contributed by atoms with Crippen molar-refractivity contribution >= 4 is 0 Å². The summed E-state index contributed by atoms with van der Waals surface area (Å²) in [5.41, 5.74) is -4.53. The van der Waals surface area contributed by atoms with Gasteiger partial charge in [0.1, 0.15) is 11.4 Å². The zero-order valence-electron chi connectivity index (χ0n) is 18.2. The van der Waals surface area contributed by atoms with Crippen molar-refractivity contribution < 1.29 is 66.6 Å². The van der Waals surface area contributed by atoms with Crippen molar-refractivity contribution in [1.82, 2.24) is 0 Å². The molecule has 208 valence electrons. The van der Waals surface area contributed by atoms with Crippen LogP contribution in [0, 0.1) is 5.82 Å². The van der Waals surface area contributed by atoms with Crippen molar-refractivity contribution in [1.29, 1.82) is 0 Å². The predicted molar refractivity (Wildman–Crippen MR) is 101 cm³/mol. The van der Waals surface area contributed by atoms with Crippen LogP contribution in [0.4, 0.5) is 61.5 Å². The first-order valence-electron chi connectivity index (χ1n) is 9.96. The molecule has 0 aliphatic carbocycles. The van der Waals surface area contributed by atoms with Gasteiger partial charge in [-0.1, -0.05) is 49.4 Å². The number of aliphatic hydroxyl groups is 1. The third-order valence-electron chi connectivity index (χ3n) is 5.83. The zero-order chi connectivity index (χ0) is 28.9. The molecule has 0 fully saturated rings. The molecule has 0 spiro atoms. The number of alkyl halides is 13. The molecule has 0 heterocycles. The van der Waals surface area contributed by atoms with Crippen LogP contribution in [0.2, 0.25) is 0 Å². The van der Waals surface area contributed by atoms with E-state index in [-0.39, 0.29) is 5.56 Å². The molecule has 0 bridgehead atoms. The first kappa shape index (κ1) is 30.6. The minimum absolute atomic E-state index is 0.130. The average Bonchev–Trinajstić information content (AvgIpc) is 2.77. The van der Waals surface area contributed by atoms with Crippen LogP contribution in [0.15, 0.2) is 54.6 Å². The first-order valence-corrected chi connectivity index (χ1v) is 9.96. The smallest absolute Gasteiger partial charge is 0.384 e. The highest BCUT2D eigenvalue weighted by atomic mass is 19.4. The van der Waals surface area contributed by atoms with E-state index in [9.17, 15) is 66.6 Å². The molecule has 2 rings (SSSR count). The Morgan fingerprint density at radius 1 is 0.649 bits per heavy atom. The molecule has 2 atom stereocenters. The maximum atomic E-state index is 14.7. The predicted octanol–water partition coefficient (Wildman–Crippen LogP) is 7.95. The molecule has 2 aromatic rings. The molecule has 2 unspecified atom stereocenters.